The Morgan fingerprint density at radius 3 is 2.33 bits per heavy atom. The van der Waals surface area contributed by atoms with Crippen LogP contribution in [-0.4, -0.2) is 41.6 Å². The summed E-state index contributed by atoms with van der Waals surface area (Å²) in [5.74, 6) is -0.0243. The molecule has 5 heteroatoms. The van der Waals surface area contributed by atoms with E-state index in [1.807, 2.05) is 13.8 Å². The van der Waals surface area contributed by atoms with Gasteiger partial charge in [0.1, 0.15) is 6.10 Å². The van der Waals surface area contributed by atoms with E-state index in [9.17, 15) is 4.79 Å². The fourth-order valence-electron chi connectivity index (χ4n) is 1.19. The summed E-state index contributed by atoms with van der Waals surface area (Å²) < 4.78 is 4.99. The summed E-state index contributed by atoms with van der Waals surface area (Å²) in [5, 5.41) is 0. The second kappa shape index (κ2) is 6.74. The highest BCUT2D eigenvalue weighted by atomic mass is 32.1. The van der Waals surface area contributed by atoms with Gasteiger partial charge in [0.25, 0.3) is 5.91 Å². The fourth-order valence-corrected chi connectivity index (χ4v) is 1.28. The molecule has 2 N–H and O–H groups in total. The lowest BCUT2D eigenvalue weighted by molar-refractivity contribution is -0.142. The lowest BCUT2D eigenvalue weighted by Crippen LogP contribution is -2.44. The normalized spacial score (nSPS) is 12.6. The van der Waals surface area contributed by atoms with Crippen LogP contribution in [0.2, 0.25) is 0 Å². The average Bonchev–Trinajstić information content (AvgIpc) is 2.15. The number of nitrogens with zero attached hydrogens (tertiary/aromatic N) is 1. The molecule has 0 aliphatic rings. The van der Waals surface area contributed by atoms with E-state index in [-0.39, 0.29) is 11.9 Å². The summed E-state index contributed by atoms with van der Waals surface area (Å²) in [6.07, 6.45) is 0.133. The fraction of sp³-hybridized carbons (Fsp3) is 0.800. The van der Waals surface area contributed by atoms with E-state index in [0.717, 1.165) is 0 Å². The zero-order chi connectivity index (χ0) is 12.0. The van der Waals surface area contributed by atoms with Crippen molar-refractivity contribution in [2.75, 3.05) is 13.7 Å². The summed E-state index contributed by atoms with van der Waals surface area (Å²) in [6.45, 7) is 6.21. The quantitative estimate of drug-likeness (QED) is 0.692. The number of carbonyl (C=O) groups excluding carboxylic acids is 1. The zero-order valence-electron chi connectivity index (χ0n) is 9.82. The number of ether oxygens (including phenoxy) is 1. The van der Waals surface area contributed by atoms with Crippen molar-refractivity contribution < 1.29 is 9.53 Å². The van der Waals surface area contributed by atoms with Crippen molar-refractivity contribution in [3.8, 4) is 0 Å². The Kier molecular flexibility index (Phi) is 6.43. The van der Waals surface area contributed by atoms with E-state index in [4.69, 9.17) is 22.7 Å². The molecule has 0 spiro atoms. The van der Waals surface area contributed by atoms with Crippen molar-refractivity contribution in [3.63, 3.8) is 0 Å². The van der Waals surface area contributed by atoms with Gasteiger partial charge in [-0.15, -0.1) is 0 Å². The Labute approximate surface area is 96.8 Å². The molecule has 88 valence electrons. The summed E-state index contributed by atoms with van der Waals surface area (Å²) in [6, 6.07) is 0.129. The molecule has 0 aromatic rings. The van der Waals surface area contributed by atoms with Gasteiger partial charge in [-0.05, 0) is 20.8 Å². The third kappa shape index (κ3) is 5.09. The maximum Gasteiger partial charge on any atom is 0.251 e. The van der Waals surface area contributed by atoms with E-state index in [1.54, 1.807) is 11.8 Å². The Morgan fingerprint density at radius 1 is 1.47 bits per heavy atom. The van der Waals surface area contributed by atoms with Gasteiger partial charge in [-0.2, -0.15) is 0 Å². The maximum atomic E-state index is 11.8. The Morgan fingerprint density at radius 2 is 2.00 bits per heavy atom. The summed E-state index contributed by atoms with van der Waals surface area (Å²) in [7, 11) is 1.52. The van der Waals surface area contributed by atoms with Gasteiger partial charge in [0, 0.05) is 26.1 Å². The van der Waals surface area contributed by atoms with Gasteiger partial charge >= 0.3 is 0 Å². The molecule has 0 saturated heterocycles. The van der Waals surface area contributed by atoms with E-state index in [1.165, 1.54) is 7.11 Å². The van der Waals surface area contributed by atoms with Gasteiger partial charge in [0.05, 0.1) is 4.99 Å². The first-order valence-corrected chi connectivity index (χ1v) is 5.42. The third-order valence-corrected chi connectivity index (χ3v) is 2.41. The highest BCUT2D eigenvalue weighted by molar-refractivity contribution is 7.80. The molecule has 0 saturated carbocycles. The van der Waals surface area contributed by atoms with Crippen molar-refractivity contribution in [2.24, 2.45) is 5.73 Å². The summed E-state index contributed by atoms with van der Waals surface area (Å²) in [4.78, 5) is 14.0. The minimum atomic E-state index is -0.418. The molecular formula is C10H20N2O2S. The van der Waals surface area contributed by atoms with Crippen LogP contribution in [-0.2, 0) is 9.53 Å². The molecule has 0 aliphatic carbocycles. The topological polar surface area (TPSA) is 55.6 Å². The van der Waals surface area contributed by atoms with Gasteiger partial charge in [-0.3, -0.25) is 4.79 Å². The smallest absolute Gasteiger partial charge is 0.251 e. The number of hydrogen-bond donors (Lipinski definition) is 1. The second-order valence-corrected chi connectivity index (χ2v) is 4.24. The lowest BCUT2D eigenvalue weighted by Gasteiger charge is -2.28. The molecule has 0 heterocycles. The number of rotatable bonds is 6. The second-order valence-electron chi connectivity index (χ2n) is 3.72. The highest BCUT2D eigenvalue weighted by Gasteiger charge is 2.22. The molecule has 0 aromatic heterocycles. The molecule has 0 bridgehead atoms. The first-order chi connectivity index (χ1) is 6.90. The number of nitrogens with two attached hydrogens (primary N) is 1. The van der Waals surface area contributed by atoms with Crippen molar-refractivity contribution in [3.05, 3.63) is 0 Å². The van der Waals surface area contributed by atoms with Crippen LogP contribution in [0.1, 0.15) is 27.2 Å². The van der Waals surface area contributed by atoms with Crippen LogP contribution in [0.15, 0.2) is 0 Å². The average molecular weight is 232 g/mol. The lowest BCUT2D eigenvalue weighted by atomic mass is 10.2. The van der Waals surface area contributed by atoms with Gasteiger partial charge in [-0.1, -0.05) is 12.2 Å². The largest absolute Gasteiger partial charge is 0.393 e. The monoisotopic (exact) mass is 232 g/mol. The number of hydrogen-bond acceptors (Lipinski definition) is 3. The first kappa shape index (κ1) is 14.3. The van der Waals surface area contributed by atoms with Gasteiger partial charge < -0.3 is 15.4 Å². The van der Waals surface area contributed by atoms with Crippen molar-refractivity contribution in [2.45, 2.75) is 39.3 Å². The zero-order valence-corrected chi connectivity index (χ0v) is 10.6. The molecule has 1 atom stereocenters. The molecular weight excluding hydrogens is 212 g/mol. The van der Waals surface area contributed by atoms with Crippen LogP contribution in [0.4, 0.5) is 0 Å². The standard InChI is InChI=1S/C10H20N2O2S/c1-7(2)12(6-5-9(11)15)10(13)8(3)14-4/h7-8H,5-6H2,1-4H3,(H2,11,15). The van der Waals surface area contributed by atoms with Gasteiger partial charge in [0.2, 0.25) is 0 Å². The van der Waals surface area contributed by atoms with Crippen LogP contribution < -0.4 is 5.73 Å². The summed E-state index contributed by atoms with van der Waals surface area (Å²) >= 11 is 4.79. The molecule has 0 aliphatic heterocycles. The molecule has 15 heavy (non-hydrogen) atoms. The van der Waals surface area contributed by atoms with Gasteiger partial charge in [0.15, 0.2) is 0 Å². The Hall–Kier alpha value is -0.680. The molecule has 1 unspecified atom stereocenters. The third-order valence-electron chi connectivity index (χ3n) is 2.21. The van der Waals surface area contributed by atoms with Crippen molar-refractivity contribution in [1.82, 2.24) is 4.90 Å². The summed E-state index contributed by atoms with van der Waals surface area (Å²) in [5.41, 5.74) is 5.41. The molecule has 0 aromatic carbocycles. The molecule has 0 radical (unpaired) electrons. The van der Waals surface area contributed by atoms with Crippen molar-refractivity contribution >= 4 is 23.1 Å². The predicted molar refractivity (Wildman–Crippen MR) is 64.7 cm³/mol. The van der Waals surface area contributed by atoms with E-state index < -0.39 is 6.10 Å². The first-order valence-electron chi connectivity index (χ1n) is 5.01. The van der Waals surface area contributed by atoms with E-state index in [2.05, 4.69) is 0 Å². The van der Waals surface area contributed by atoms with E-state index >= 15 is 0 Å². The molecule has 0 rings (SSSR count). The maximum absolute atomic E-state index is 11.8. The van der Waals surface area contributed by atoms with Crippen molar-refractivity contribution in [1.29, 1.82) is 0 Å². The van der Waals surface area contributed by atoms with Crippen LogP contribution >= 0.6 is 12.2 Å². The number of amides is 1. The number of methoxy groups -OCH3 is 1. The van der Waals surface area contributed by atoms with Gasteiger partial charge in [-0.25, -0.2) is 0 Å². The van der Waals surface area contributed by atoms with E-state index in [0.29, 0.717) is 18.0 Å². The number of thiocarbonyl (C=S) groups is 1. The van der Waals surface area contributed by atoms with Crippen LogP contribution in [0.5, 0.6) is 0 Å². The van der Waals surface area contributed by atoms with Crippen LogP contribution in [0.25, 0.3) is 0 Å². The Balaban J connectivity index is 4.38. The SMILES string of the molecule is COC(C)C(=O)N(CCC(N)=S)C(C)C. The molecule has 0 fully saturated rings. The Bertz CT molecular complexity index is 231. The predicted octanol–water partition coefficient (Wildman–Crippen LogP) is 0.934. The highest BCUT2D eigenvalue weighted by Crippen LogP contribution is 2.05. The van der Waals surface area contributed by atoms with Crippen LogP contribution in [0, 0.1) is 0 Å². The molecule has 4 nitrogen and oxygen atoms in total. The number of carbonyl (C=O) groups is 1. The van der Waals surface area contributed by atoms with Crippen LogP contribution in [0.3, 0.4) is 0 Å². The minimum absolute atomic E-state index is 0.0243. The molecule has 1 amide bonds. The minimum Gasteiger partial charge on any atom is -0.393 e.